The maximum atomic E-state index is 11.5. The summed E-state index contributed by atoms with van der Waals surface area (Å²) in [4.78, 5) is 16.6. The van der Waals surface area contributed by atoms with Crippen molar-refractivity contribution in [3.63, 3.8) is 0 Å². The molecule has 7 rings (SSSR count). The first-order valence-corrected chi connectivity index (χ1v) is 18.6. The van der Waals surface area contributed by atoms with E-state index in [1.165, 1.54) is 54.7 Å². The van der Waals surface area contributed by atoms with Gasteiger partial charge >= 0.3 is 0 Å². The largest absolute Gasteiger partial charge is 0.512 e. The van der Waals surface area contributed by atoms with E-state index in [1.54, 1.807) is 0 Å². The molecule has 4 nitrogen and oxygen atoms in total. The summed E-state index contributed by atoms with van der Waals surface area (Å²) in [5.41, 5.74) is 5.15. The smallest absolute Gasteiger partial charge is 0.164 e. The Morgan fingerprint density at radius 3 is 2.15 bits per heavy atom. The third-order valence-corrected chi connectivity index (χ3v) is 12.4. The molecule has 0 fully saturated rings. The van der Waals surface area contributed by atoms with Crippen molar-refractivity contribution in [3.8, 4) is 16.9 Å². The van der Waals surface area contributed by atoms with Gasteiger partial charge in [-0.05, 0) is 45.6 Å². The Kier molecular flexibility index (Phi) is 8.80. The van der Waals surface area contributed by atoms with Crippen LogP contribution in [0.15, 0.2) is 103 Å². The van der Waals surface area contributed by atoms with Crippen LogP contribution in [0.3, 0.4) is 0 Å². The Labute approximate surface area is 286 Å². The van der Waals surface area contributed by atoms with E-state index in [0.717, 1.165) is 11.3 Å². The van der Waals surface area contributed by atoms with E-state index in [2.05, 4.69) is 109 Å². The van der Waals surface area contributed by atoms with Crippen molar-refractivity contribution in [3.05, 3.63) is 109 Å². The number of hydrogen-bond donors (Lipinski definition) is 1. The third-order valence-electron chi connectivity index (χ3n) is 8.87. The standard InChI is InChI=1S/C29H21N2Si.C11H20O2.Ir/c1-32(2)25-17-9-16-24-27(25)26-22(28-29(32)21-13-7-6-10-19(21)18-30-28)14-8-15-23(26)31(24)20-11-4-3-5-12-20;1-10(2,3)8(12)7-9(13)11(4,5)6;/h3-13,15-18H,1-2H3;7,12H,1-6H3;/q-1;;/b;8-7-;. The SMILES string of the molecule is CC(C)(C)C(=O)/C=C(\O)C(C)(C)C.C[Si]1(C)c2c(ncc3ccccc23)-c2[c-]ccc3c2c2c1cccc2n3-c1ccccc1.[Ir]. The summed E-state index contributed by atoms with van der Waals surface area (Å²) in [6.07, 6.45) is 3.37. The Bertz CT molecular complexity index is 2130. The molecule has 237 valence electrons. The van der Waals surface area contributed by atoms with E-state index in [4.69, 9.17) is 4.98 Å². The fourth-order valence-electron chi connectivity index (χ4n) is 6.29. The van der Waals surface area contributed by atoms with Crippen LogP contribution in [0.2, 0.25) is 13.1 Å². The molecule has 0 atom stereocenters. The molecule has 46 heavy (non-hydrogen) atoms. The molecular formula is C40H41IrN2O2Si-. The number of hydrogen-bond acceptors (Lipinski definition) is 3. The average molecular weight is 802 g/mol. The van der Waals surface area contributed by atoms with Crippen molar-refractivity contribution in [2.75, 3.05) is 0 Å². The van der Waals surface area contributed by atoms with Gasteiger partial charge in [-0.25, -0.2) is 0 Å². The first kappa shape index (κ1) is 33.5. The van der Waals surface area contributed by atoms with Crippen LogP contribution in [0.25, 0.3) is 49.5 Å². The van der Waals surface area contributed by atoms with E-state index in [1.807, 2.05) is 47.7 Å². The molecule has 3 heterocycles. The van der Waals surface area contributed by atoms with Gasteiger partial charge in [0.05, 0.1) is 0 Å². The van der Waals surface area contributed by atoms with Gasteiger partial charge in [0.15, 0.2) is 5.78 Å². The second kappa shape index (κ2) is 12.1. The summed E-state index contributed by atoms with van der Waals surface area (Å²) >= 11 is 0. The molecule has 0 bridgehead atoms. The molecule has 1 radical (unpaired) electrons. The van der Waals surface area contributed by atoms with Gasteiger partial charge in [0.2, 0.25) is 0 Å². The van der Waals surface area contributed by atoms with Crippen molar-refractivity contribution in [1.29, 1.82) is 0 Å². The number of para-hydroxylation sites is 1. The number of benzene rings is 4. The fourth-order valence-corrected chi connectivity index (χ4v) is 9.63. The number of carbonyl (C=O) groups is 1. The van der Waals surface area contributed by atoms with Gasteiger partial charge in [-0.3, -0.25) is 4.79 Å². The van der Waals surface area contributed by atoms with Crippen molar-refractivity contribution >= 4 is 56.8 Å². The second-order valence-corrected chi connectivity index (χ2v) is 18.9. The molecule has 1 aliphatic rings. The Morgan fingerprint density at radius 2 is 1.48 bits per heavy atom. The van der Waals surface area contributed by atoms with E-state index in [0.29, 0.717) is 0 Å². The molecular weight excluding hydrogens is 761 g/mol. The van der Waals surface area contributed by atoms with E-state index in [9.17, 15) is 9.90 Å². The summed E-state index contributed by atoms with van der Waals surface area (Å²) in [6.45, 7) is 16.1. The minimum Gasteiger partial charge on any atom is -0.512 e. The number of carbonyl (C=O) groups excluding carboxylic acids is 1. The van der Waals surface area contributed by atoms with Crippen LogP contribution in [0.4, 0.5) is 0 Å². The Morgan fingerprint density at radius 1 is 0.826 bits per heavy atom. The van der Waals surface area contributed by atoms with Crippen LogP contribution in [0.5, 0.6) is 0 Å². The van der Waals surface area contributed by atoms with Crippen molar-refractivity contribution in [2.45, 2.75) is 54.6 Å². The number of allylic oxidation sites excluding steroid dienone is 2. The Hall–Kier alpha value is -3.83. The average Bonchev–Trinajstić information content (AvgIpc) is 3.30. The second-order valence-electron chi connectivity index (χ2n) is 14.6. The van der Waals surface area contributed by atoms with Gasteiger partial charge in [-0.2, -0.15) is 0 Å². The number of aliphatic hydroxyl groups excluding tert-OH is 1. The van der Waals surface area contributed by atoms with Gasteiger partial charge in [0, 0.05) is 54.4 Å². The number of ketones is 1. The maximum absolute atomic E-state index is 11.5. The van der Waals surface area contributed by atoms with E-state index >= 15 is 0 Å². The molecule has 1 N–H and O–H groups in total. The van der Waals surface area contributed by atoms with Gasteiger partial charge in [0.25, 0.3) is 0 Å². The molecule has 0 spiro atoms. The van der Waals surface area contributed by atoms with E-state index < -0.39 is 13.5 Å². The molecule has 6 heteroatoms. The topological polar surface area (TPSA) is 55.1 Å². The summed E-state index contributed by atoms with van der Waals surface area (Å²) < 4.78 is 2.40. The fraction of sp³-hybridized carbons (Fsp3) is 0.250. The van der Waals surface area contributed by atoms with Gasteiger partial charge in [0.1, 0.15) is 13.8 Å². The molecule has 1 aliphatic heterocycles. The Balaban J connectivity index is 0.000000256. The molecule has 4 aromatic carbocycles. The van der Waals surface area contributed by atoms with Crippen LogP contribution < -0.4 is 10.4 Å². The first-order valence-electron chi connectivity index (χ1n) is 15.6. The zero-order valence-corrected chi connectivity index (χ0v) is 31.2. The molecule has 0 saturated heterocycles. The summed E-state index contributed by atoms with van der Waals surface area (Å²) in [5, 5.41) is 17.7. The molecule has 0 amide bonds. The van der Waals surface area contributed by atoms with Gasteiger partial charge in [-0.15, -0.1) is 23.8 Å². The third kappa shape index (κ3) is 5.68. The predicted molar refractivity (Wildman–Crippen MR) is 192 cm³/mol. The molecule has 6 aromatic rings. The minimum atomic E-state index is -2.08. The minimum absolute atomic E-state index is 0. The number of rotatable bonds is 2. The zero-order valence-electron chi connectivity index (χ0n) is 27.8. The van der Waals surface area contributed by atoms with Crippen LogP contribution >= 0.6 is 0 Å². The molecule has 0 aliphatic carbocycles. The van der Waals surface area contributed by atoms with Crippen LogP contribution in [-0.2, 0) is 24.9 Å². The van der Waals surface area contributed by atoms with Crippen molar-refractivity contribution in [1.82, 2.24) is 9.55 Å². The first-order chi connectivity index (χ1) is 21.2. The quantitative estimate of drug-likeness (QED) is 0.0824. The van der Waals surface area contributed by atoms with Crippen molar-refractivity contribution in [2.24, 2.45) is 10.8 Å². The maximum Gasteiger partial charge on any atom is 0.164 e. The van der Waals surface area contributed by atoms with Crippen molar-refractivity contribution < 1.29 is 30.0 Å². The number of aromatic nitrogens is 2. The molecule has 2 aromatic heterocycles. The summed E-state index contributed by atoms with van der Waals surface area (Å²) in [5.74, 6) is 0.104. The van der Waals surface area contributed by atoms with Crippen LogP contribution in [-0.4, -0.2) is 28.5 Å². The van der Waals surface area contributed by atoms with Crippen LogP contribution in [0.1, 0.15) is 41.5 Å². The summed E-state index contributed by atoms with van der Waals surface area (Å²) in [7, 11) is -2.08. The monoisotopic (exact) mass is 802 g/mol. The molecule has 0 saturated carbocycles. The van der Waals surface area contributed by atoms with Gasteiger partial charge < -0.3 is 14.7 Å². The number of nitrogens with zero attached hydrogens (tertiary/aromatic N) is 2. The number of pyridine rings is 1. The number of aliphatic hydroxyl groups is 1. The summed E-state index contributed by atoms with van der Waals surface area (Å²) in [6, 6.07) is 34.1. The van der Waals surface area contributed by atoms with Gasteiger partial charge in [-0.1, -0.05) is 125 Å². The number of fused-ring (bicyclic) bond motifs is 4. The predicted octanol–water partition coefficient (Wildman–Crippen LogP) is 9.02. The zero-order chi connectivity index (χ0) is 32.3. The van der Waals surface area contributed by atoms with Crippen LogP contribution in [0, 0.1) is 16.9 Å². The molecule has 0 unspecified atom stereocenters. The van der Waals surface area contributed by atoms with E-state index in [-0.39, 0.29) is 37.1 Å². The normalized spacial score (nSPS) is 14.0.